The highest BCUT2D eigenvalue weighted by molar-refractivity contribution is 5.69. The monoisotopic (exact) mass is 384 g/mol. The summed E-state index contributed by atoms with van der Waals surface area (Å²) in [5, 5.41) is 9.40. The Morgan fingerprint density at radius 1 is 1.00 bits per heavy atom. The molecule has 1 aromatic carbocycles. The minimum absolute atomic E-state index is 0.211. The maximum atomic E-state index is 12.7. The minimum Gasteiger partial charge on any atom is -0.449 e. The van der Waals surface area contributed by atoms with Crippen molar-refractivity contribution in [3.63, 3.8) is 0 Å². The Labute approximate surface area is 169 Å². The largest absolute Gasteiger partial charge is 0.449 e. The number of benzene rings is 1. The molecule has 3 aromatic rings. The summed E-state index contributed by atoms with van der Waals surface area (Å²) in [6.07, 6.45) is 7.49. The average Bonchev–Trinajstić information content (AvgIpc) is 2.79. The molecule has 0 radical (unpaired) electrons. The first kappa shape index (κ1) is 18.6. The fourth-order valence-electron chi connectivity index (χ4n) is 3.84. The molecule has 144 valence electrons. The zero-order valence-electron chi connectivity index (χ0n) is 15.8. The van der Waals surface area contributed by atoms with Gasteiger partial charge in [-0.25, -0.2) is 4.79 Å². The first-order valence-electron chi connectivity index (χ1n) is 9.51. The van der Waals surface area contributed by atoms with Crippen molar-refractivity contribution in [2.45, 2.75) is 18.4 Å². The van der Waals surface area contributed by atoms with E-state index < -0.39 is 0 Å². The van der Waals surface area contributed by atoms with Crippen molar-refractivity contribution in [1.82, 2.24) is 14.9 Å². The molecule has 1 amide bonds. The summed E-state index contributed by atoms with van der Waals surface area (Å²) in [7, 11) is 0. The second-order valence-corrected chi connectivity index (χ2v) is 6.89. The predicted molar refractivity (Wildman–Crippen MR) is 107 cm³/mol. The van der Waals surface area contributed by atoms with Gasteiger partial charge >= 0.3 is 6.09 Å². The lowest BCUT2D eigenvalue weighted by Crippen LogP contribution is -2.43. The van der Waals surface area contributed by atoms with E-state index in [2.05, 4.69) is 16.0 Å². The van der Waals surface area contributed by atoms with E-state index in [9.17, 15) is 10.1 Å². The van der Waals surface area contributed by atoms with E-state index in [1.807, 2.05) is 54.9 Å². The summed E-state index contributed by atoms with van der Waals surface area (Å²) < 4.78 is 5.36. The van der Waals surface area contributed by atoms with Crippen molar-refractivity contribution >= 4 is 6.09 Å². The molecule has 3 heterocycles. The van der Waals surface area contributed by atoms with Crippen molar-refractivity contribution in [2.75, 3.05) is 13.2 Å². The molecule has 0 N–H and O–H groups in total. The van der Waals surface area contributed by atoms with Gasteiger partial charge in [-0.2, -0.15) is 5.26 Å². The van der Waals surface area contributed by atoms with Crippen LogP contribution in [0, 0.1) is 11.3 Å². The Hall–Kier alpha value is -3.72. The van der Waals surface area contributed by atoms with Gasteiger partial charge in [0.05, 0.1) is 24.3 Å². The Balaban J connectivity index is 1.90. The van der Waals surface area contributed by atoms with E-state index in [-0.39, 0.29) is 18.1 Å². The van der Waals surface area contributed by atoms with Crippen LogP contribution in [0.25, 0.3) is 0 Å². The number of pyridine rings is 2. The van der Waals surface area contributed by atoms with Crippen LogP contribution in [0.1, 0.15) is 40.6 Å². The van der Waals surface area contributed by atoms with Crippen LogP contribution in [-0.2, 0) is 4.74 Å². The lowest BCUT2D eigenvalue weighted by atomic mass is 9.81. The molecule has 1 aliphatic rings. The van der Waals surface area contributed by atoms with Crippen LogP contribution in [0.5, 0.6) is 0 Å². The van der Waals surface area contributed by atoms with E-state index >= 15 is 0 Å². The number of cyclic esters (lactones) is 1. The molecule has 2 aromatic heterocycles. The normalized spacial score (nSPS) is 14.9. The second-order valence-electron chi connectivity index (χ2n) is 6.89. The number of aromatic nitrogens is 2. The van der Waals surface area contributed by atoms with Crippen molar-refractivity contribution < 1.29 is 9.53 Å². The maximum Gasteiger partial charge on any atom is 0.410 e. The van der Waals surface area contributed by atoms with E-state index in [0.717, 1.165) is 23.1 Å². The van der Waals surface area contributed by atoms with Gasteiger partial charge in [0.25, 0.3) is 0 Å². The number of ether oxygens (including phenoxy) is 1. The zero-order chi connectivity index (χ0) is 20.1. The number of amides is 1. The molecule has 0 saturated carbocycles. The number of carbonyl (C=O) groups is 1. The molecular formula is C23H20N4O2. The molecule has 4 rings (SSSR count). The van der Waals surface area contributed by atoms with Gasteiger partial charge < -0.3 is 9.64 Å². The van der Waals surface area contributed by atoms with E-state index in [1.54, 1.807) is 23.4 Å². The van der Waals surface area contributed by atoms with Gasteiger partial charge in [0, 0.05) is 37.3 Å². The maximum absolute atomic E-state index is 12.7. The molecule has 29 heavy (non-hydrogen) atoms. The van der Waals surface area contributed by atoms with Crippen LogP contribution in [0.4, 0.5) is 4.79 Å². The lowest BCUT2D eigenvalue weighted by molar-refractivity contribution is 0.0512. The van der Waals surface area contributed by atoms with Gasteiger partial charge in [-0.05, 0) is 47.4 Å². The number of rotatable bonds is 5. The van der Waals surface area contributed by atoms with Crippen LogP contribution in [-0.4, -0.2) is 34.1 Å². The highest BCUT2D eigenvalue weighted by Gasteiger charge is 2.36. The first-order valence-corrected chi connectivity index (χ1v) is 9.51. The van der Waals surface area contributed by atoms with E-state index in [4.69, 9.17) is 4.74 Å². The quantitative estimate of drug-likeness (QED) is 0.663. The molecule has 1 aliphatic heterocycles. The molecular weight excluding hydrogens is 364 g/mol. The number of carbonyl (C=O) groups excluding carboxylic acids is 1. The SMILES string of the molecule is N#Cc1cccc(C(C(c2cccnc2)c2cccnc2)N2CCCOC2=O)c1. The van der Waals surface area contributed by atoms with Crippen molar-refractivity contribution in [1.29, 1.82) is 5.26 Å². The Bertz CT molecular complexity index is 978. The molecule has 0 bridgehead atoms. The number of nitriles is 1. The van der Waals surface area contributed by atoms with Crippen LogP contribution in [0.3, 0.4) is 0 Å². The van der Waals surface area contributed by atoms with Crippen molar-refractivity contribution in [3.8, 4) is 6.07 Å². The third kappa shape index (κ3) is 3.94. The highest BCUT2D eigenvalue weighted by atomic mass is 16.6. The van der Waals surface area contributed by atoms with E-state index in [0.29, 0.717) is 18.7 Å². The van der Waals surface area contributed by atoms with Gasteiger partial charge in [0.15, 0.2) is 0 Å². The zero-order valence-corrected chi connectivity index (χ0v) is 15.8. The average molecular weight is 384 g/mol. The van der Waals surface area contributed by atoms with Gasteiger partial charge in [-0.15, -0.1) is 0 Å². The van der Waals surface area contributed by atoms with E-state index in [1.165, 1.54) is 0 Å². The Morgan fingerprint density at radius 2 is 1.69 bits per heavy atom. The topological polar surface area (TPSA) is 79.1 Å². The van der Waals surface area contributed by atoms with Crippen LogP contribution >= 0.6 is 0 Å². The molecule has 1 unspecified atom stereocenters. The summed E-state index contributed by atoms with van der Waals surface area (Å²) in [6.45, 7) is 1.00. The highest BCUT2D eigenvalue weighted by Crippen LogP contribution is 2.41. The fraction of sp³-hybridized carbons (Fsp3) is 0.217. The van der Waals surface area contributed by atoms with Gasteiger partial charge in [0.2, 0.25) is 0 Å². The molecule has 1 fully saturated rings. The van der Waals surface area contributed by atoms with Crippen molar-refractivity contribution in [2.24, 2.45) is 0 Å². The number of nitrogens with zero attached hydrogens (tertiary/aromatic N) is 4. The lowest BCUT2D eigenvalue weighted by Gasteiger charge is -2.39. The third-order valence-corrected chi connectivity index (χ3v) is 5.10. The van der Waals surface area contributed by atoms with Gasteiger partial charge in [-0.1, -0.05) is 24.3 Å². The minimum atomic E-state index is -0.357. The molecule has 1 saturated heterocycles. The van der Waals surface area contributed by atoms with Crippen molar-refractivity contribution in [3.05, 3.63) is 95.6 Å². The standard InChI is InChI=1S/C23H20N4O2/c24-14-17-5-1-6-18(13-17)22(27-11-4-12-29-23(27)28)21(19-7-2-9-25-15-19)20-8-3-10-26-16-20/h1-3,5-10,13,15-16,21-22H,4,11-12H2. The third-order valence-electron chi connectivity index (χ3n) is 5.10. The summed E-state index contributed by atoms with van der Waals surface area (Å²) >= 11 is 0. The Kier molecular flexibility index (Phi) is 5.48. The molecule has 6 heteroatoms. The summed E-state index contributed by atoms with van der Waals surface area (Å²) in [4.78, 5) is 23.1. The molecule has 0 spiro atoms. The predicted octanol–water partition coefficient (Wildman–Crippen LogP) is 4.06. The molecule has 1 atom stereocenters. The van der Waals surface area contributed by atoms with Gasteiger partial charge in [0.1, 0.15) is 0 Å². The van der Waals surface area contributed by atoms with Crippen LogP contribution in [0.15, 0.2) is 73.3 Å². The fourth-order valence-corrected chi connectivity index (χ4v) is 3.84. The Morgan fingerprint density at radius 3 is 2.28 bits per heavy atom. The summed E-state index contributed by atoms with van der Waals surface area (Å²) in [6, 6.07) is 17.0. The first-order chi connectivity index (χ1) is 14.3. The smallest absolute Gasteiger partial charge is 0.410 e. The van der Waals surface area contributed by atoms with Crippen LogP contribution in [0.2, 0.25) is 0 Å². The molecule has 6 nitrogen and oxygen atoms in total. The summed E-state index contributed by atoms with van der Waals surface area (Å²) in [5.41, 5.74) is 3.35. The number of hydrogen-bond donors (Lipinski definition) is 0. The summed E-state index contributed by atoms with van der Waals surface area (Å²) in [5.74, 6) is -0.211. The second kappa shape index (κ2) is 8.53. The van der Waals surface area contributed by atoms with Gasteiger partial charge in [-0.3, -0.25) is 9.97 Å². The van der Waals surface area contributed by atoms with Crippen LogP contribution < -0.4 is 0 Å². The molecule has 0 aliphatic carbocycles. The number of hydrogen-bond acceptors (Lipinski definition) is 5.